The molecule has 126 valence electrons. The van der Waals surface area contributed by atoms with E-state index in [0.29, 0.717) is 24.1 Å². The largest absolute Gasteiger partial charge is 0.351 e. The molecule has 2 N–H and O–H groups in total. The quantitative estimate of drug-likeness (QED) is 0.884. The van der Waals surface area contributed by atoms with Gasteiger partial charge in [-0.25, -0.2) is 9.97 Å². The van der Waals surface area contributed by atoms with Crippen molar-refractivity contribution in [2.75, 3.05) is 5.32 Å². The fourth-order valence-corrected chi connectivity index (χ4v) is 3.04. The van der Waals surface area contributed by atoms with Crippen molar-refractivity contribution in [1.29, 1.82) is 0 Å². The number of hydrogen-bond acceptors (Lipinski definition) is 4. The van der Waals surface area contributed by atoms with Crippen molar-refractivity contribution in [2.24, 2.45) is 0 Å². The summed E-state index contributed by atoms with van der Waals surface area (Å²) in [7, 11) is 0. The third kappa shape index (κ3) is 4.31. The summed E-state index contributed by atoms with van der Waals surface area (Å²) in [6.07, 6.45) is 9.36. The van der Waals surface area contributed by atoms with E-state index >= 15 is 0 Å². The number of aromatic nitrogens is 2. The minimum Gasteiger partial charge on any atom is -0.351 e. The van der Waals surface area contributed by atoms with Gasteiger partial charge < -0.3 is 10.6 Å². The lowest BCUT2D eigenvalue weighted by molar-refractivity contribution is 0.0950. The van der Waals surface area contributed by atoms with Gasteiger partial charge in [-0.2, -0.15) is 0 Å². The van der Waals surface area contributed by atoms with Crippen molar-refractivity contribution < 1.29 is 4.79 Å². The van der Waals surface area contributed by atoms with E-state index in [4.69, 9.17) is 0 Å². The lowest BCUT2D eigenvalue weighted by Crippen LogP contribution is -2.25. The third-order valence-electron chi connectivity index (χ3n) is 4.55. The minimum absolute atomic E-state index is 0.150. The average molecular weight is 324 g/mol. The van der Waals surface area contributed by atoms with Crippen molar-refractivity contribution in [1.82, 2.24) is 15.3 Å². The first kappa shape index (κ1) is 16.4. The van der Waals surface area contributed by atoms with E-state index in [1.807, 2.05) is 31.2 Å². The zero-order valence-corrected chi connectivity index (χ0v) is 14.1. The number of carbonyl (C=O) groups excluding carboxylic acids is 1. The predicted molar refractivity (Wildman–Crippen MR) is 94.9 cm³/mol. The Morgan fingerprint density at radius 1 is 1.12 bits per heavy atom. The summed E-state index contributed by atoms with van der Waals surface area (Å²) in [6.45, 7) is 2.55. The molecule has 1 aromatic carbocycles. The van der Waals surface area contributed by atoms with Gasteiger partial charge in [0.2, 0.25) is 5.95 Å². The molecule has 2 aromatic rings. The van der Waals surface area contributed by atoms with Crippen LogP contribution < -0.4 is 10.6 Å². The smallest absolute Gasteiger partial charge is 0.254 e. The molecule has 5 heteroatoms. The minimum atomic E-state index is -0.150. The van der Waals surface area contributed by atoms with E-state index in [-0.39, 0.29) is 5.91 Å². The number of carbonyl (C=O) groups is 1. The predicted octanol–water partition coefficient (Wildman–Crippen LogP) is 3.46. The molecule has 1 saturated carbocycles. The third-order valence-corrected chi connectivity index (χ3v) is 4.55. The highest BCUT2D eigenvalue weighted by molar-refractivity contribution is 5.93. The number of aryl methyl sites for hydroxylation is 1. The van der Waals surface area contributed by atoms with Gasteiger partial charge in [0, 0.05) is 25.0 Å². The second-order valence-corrected chi connectivity index (χ2v) is 6.38. The van der Waals surface area contributed by atoms with Crippen LogP contribution in [0.2, 0.25) is 0 Å². The van der Waals surface area contributed by atoms with E-state index in [2.05, 4.69) is 20.6 Å². The summed E-state index contributed by atoms with van der Waals surface area (Å²) in [5, 5.41) is 6.28. The number of nitrogens with one attached hydrogen (secondary N) is 2. The monoisotopic (exact) mass is 324 g/mol. The van der Waals surface area contributed by atoms with Crippen LogP contribution in [0.15, 0.2) is 36.7 Å². The summed E-state index contributed by atoms with van der Waals surface area (Å²) in [4.78, 5) is 20.8. The van der Waals surface area contributed by atoms with Gasteiger partial charge in [-0.3, -0.25) is 4.79 Å². The molecule has 0 radical (unpaired) electrons. The Balaban J connectivity index is 1.54. The highest BCUT2D eigenvalue weighted by Crippen LogP contribution is 2.20. The molecule has 1 fully saturated rings. The van der Waals surface area contributed by atoms with Gasteiger partial charge in [0.1, 0.15) is 0 Å². The molecule has 0 aliphatic heterocycles. The first-order valence-corrected chi connectivity index (χ1v) is 8.63. The van der Waals surface area contributed by atoms with Crippen LogP contribution in [-0.2, 0) is 6.54 Å². The maximum Gasteiger partial charge on any atom is 0.254 e. The number of anilines is 1. The molecular formula is C19H24N4O. The Labute approximate surface area is 142 Å². The van der Waals surface area contributed by atoms with Crippen molar-refractivity contribution in [3.63, 3.8) is 0 Å². The van der Waals surface area contributed by atoms with Crippen molar-refractivity contribution >= 4 is 11.9 Å². The molecule has 1 aliphatic rings. The first-order chi connectivity index (χ1) is 11.7. The first-order valence-electron chi connectivity index (χ1n) is 8.63. The van der Waals surface area contributed by atoms with E-state index < -0.39 is 0 Å². The zero-order chi connectivity index (χ0) is 16.8. The SMILES string of the molecule is Cc1ccccc1CNC(=O)c1cnc(NC2CCCCC2)nc1. The zero-order valence-electron chi connectivity index (χ0n) is 14.1. The molecular weight excluding hydrogens is 300 g/mol. The number of rotatable bonds is 5. The van der Waals surface area contributed by atoms with E-state index in [0.717, 1.165) is 5.56 Å². The second-order valence-electron chi connectivity index (χ2n) is 6.38. The van der Waals surface area contributed by atoms with Crippen molar-refractivity contribution in [3.8, 4) is 0 Å². The molecule has 5 nitrogen and oxygen atoms in total. The average Bonchev–Trinajstić information content (AvgIpc) is 2.62. The number of benzene rings is 1. The van der Waals surface area contributed by atoms with E-state index in [9.17, 15) is 4.79 Å². The summed E-state index contributed by atoms with van der Waals surface area (Å²) < 4.78 is 0. The van der Waals surface area contributed by atoms with Gasteiger partial charge in [0.15, 0.2) is 0 Å². The molecule has 1 amide bonds. The fraction of sp³-hybridized carbons (Fsp3) is 0.421. The molecule has 0 bridgehead atoms. The van der Waals surface area contributed by atoms with E-state index in [1.54, 1.807) is 12.4 Å². The van der Waals surface area contributed by atoms with Crippen LogP contribution in [0.1, 0.15) is 53.6 Å². The maximum atomic E-state index is 12.2. The normalized spacial score (nSPS) is 15.0. The molecule has 1 heterocycles. The lowest BCUT2D eigenvalue weighted by Gasteiger charge is -2.22. The summed E-state index contributed by atoms with van der Waals surface area (Å²) in [6, 6.07) is 8.48. The van der Waals surface area contributed by atoms with Gasteiger partial charge in [-0.05, 0) is 30.9 Å². The number of amides is 1. The molecule has 1 aromatic heterocycles. The van der Waals surface area contributed by atoms with Gasteiger partial charge >= 0.3 is 0 Å². The topological polar surface area (TPSA) is 66.9 Å². The highest BCUT2D eigenvalue weighted by Gasteiger charge is 2.14. The van der Waals surface area contributed by atoms with Crippen LogP contribution in [0, 0.1) is 6.92 Å². The Bertz CT molecular complexity index is 678. The number of nitrogens with zero attached hydrogens (tertiary/aromatic N) is 2. The van der Waals surface area contributed by atoms with Crippen LogP contribution in [-0.4, -0.2) is 21.9 Å². The van der Waals surface area contributed by atoms with Gasteiger partial charge in [-0.1, -0.05) is 43.5 Å². The Morgan fingerprint density at radius 2 is 1.83 bits per heavy atom. The highest BCUT2D eigenvalue weighted by atomic mass is 16.1. The molecule has 0 saturated heterocycles. The molecule has 24 heavy (non-hydrogen) atoms. The summed E-state index contributed by atoms with van der Waals surface area (Å²) >= 11 is 0. The summed E-state index contributed by atoms with van der Waals surface area (Å²) in [5.74, 6) is 0.458. The standard InChI is InChI=1S/C19H24N4O/c1-14-7-5-6-8-15(14)11-20-18(24)16-12-21-19(22-13-16)23-17-9-3-2-4-10-17/h5-8,12-13,17H,2-4,9-11H2,1H3,(H,20,24)(H,21,22,23). The maximum absolute atomic E-state index is 12.2. The summed E-state index contributed by atoms with van der Waals surface area (Å²) in [5.41, 5.74) is 2.77. The van der Waals surface area contributed by atoms with Gasteiger partial charge in [-0.15, -0.1) is 0 Å². The molecule has 0 atom stereocenters. The molecule has 3 rings (SSSR count). The van der Waals surface area contributed by atoms with Crippen LogP contribution >= 0.6 is 0 Å². The van der Waals surface area contributed by atoms with Crippen molar-refractivity contribution in [2.45, 2.75) is 51.6 Å². The van der Waals surface area contributed by atoms with Crippen LogP contribution in [0.3, 0.4) is 0 Å². The number of hydrogen-bond donors (Lipinski definition) is 2. The Kier molecular flexibility index (Phi) is 5.41. The van der Waals surface area contributed by atoms with Crippen molar-refractivity contribution in [3.05, 3.63) is 53.3 Å². The molecule has 0 unspecified atom stereocenters. The second kappa shape index (κ2) is 7.90. The molecule has 0 spiro atoms. The Morgan fingerprint density at radius 3 is 2.54 bits per heavy atom. The van der Waals surface area contributed by atoms with Gasteiger partial charge in [0.25, 0.3) is 5.91 Å². The van der Waals surface area contributed by atoms with Crippen LogP contribution in [0.4, 0.5) is 5.95 Å². The van der Waals surface area contributed by atoms with Crippen LogP contribution in [0.25, 0.3) is 0 Å². The van der Waals surface area contributed by atoms with Gasteiger partial charge in [0.05, 0.1) is 5.56 Å². The van der Waals surface area contributed by atoms with E-state index in [1.165, 1.54) is 37.7 Å². The lowest BCUT2D eigenvalue weighted by atomic mass is 9.96. The van der Waals surface area contributed by atoms with Crippen LogP contribution in [0.5, 0.6) is 0 Å². The fourth-order valence-electron chi connectivity index (χ4n) is 3.04. The Hall–Kier alpha value is -2.43. The molecule has 1 aliphatic carbocycles.